The van der Waals surface area contributed by atoms with Gasteiger partial charge < -0.3 is 19.9 Å². The van der Waals surface area contributed by atoms with Gasteiger partial charge in [-0.3, -0.25) is 9.59 Å². The Kier molecular flexibility index (Phi) is 9.40. The molecule has 0 aliphatic heterocycles. The Hall–Kier alpha value is -3.92. The average Bonchev–Trinajstić information content (AvgIpc) is 3.26. The third kappa shape index (κ3) is 7.05. The second kappa shape index (κ2) is 12.7. The zero-order chi connectivity index (χ0) is 26.1. The van der Waals surface area contributed by atoms with Crippen LogP contribution in [0.15, 0.2) is 66.3 Å². The number of hydrogen-bond donors (Lipinski definition) is 2. The maximum absolute atomic E-state index is 12.7. The second-order valence-corrected chi connectivity index (χ2v) is 8.88. The van der Waals surface area contributed by atoms with Crippen LogP contribution in [0.4, 0.5) is 5.69 Å². The number of anilines is 1. The van der Waals surface area contributed by atoms with E-state index in [2.05, 4.69) is 27.4 Å². The van der Waals surface area contributed by atoms with Crippen molar-refractivity contribution in [2.45, 2.75) is 38.5 Å². The number of ether oxygens (including phenoxy) is 1. The van der Waals surface area contributed by atoms with E-state index in [1.54, 1.807) is 43.3 Å². The van der Waals surface area contributed by atoms with E-state index < -0.39 is 12.0 Å². The molecular weight excluding hydrogens is 478 g/mol. The summed E-state index contributed by atoms with van der Waals surface area (Å²) in [6, 6.07) is 13.4. The molecule has 2 aromatic carbocycles. The van der Waals surface area contributed by atoms with Crippen LogP contribution in [0.3, 0.4) is 0 Å². The van der Waals surface area contributed by atoms with E-state index in [0.717, 1.165) is 5.56 Å². The molecule has 1 heterocycles. The highest BCUT2D eigenvalue weighted by Gasteiger charge is 2.20. The van der Waals surface area contributed by atoms with Crippen molar-refractivity contribution in [2.24, 2.45) is 0 Å². The quantitative estimate of drug-likeness (QED) is 0.227. The minimum absolute atomic E-state index is 0.0962. The van der Waals surface area contributed by atoms with E-state index in [0.29, 0.717) is 40.9 Å². The van der Waals surface area contributed by atoms with Gasteiger partial charge in [-0.05, 0) is 57.2 Å². The molecule has 0 aliphatic rings. The van der Waals surface area contributed by atoms with Gasteiger partial charge in [0.2, 0.25) is 5.91 Å². The van der Waals surface area contributed by atoms with Gasteiger partial charge in [0.25, 0.3) is 5.91 Å². The number of carbonyl (C=O) groups excluding carboxylic acids is 3. The Balaban J connectivity index is 1.62. The van der Waals surface area contributed by atoms with E-state index in [9.17, 15) is 14.4 Å². The highest BCUT2D eigenvalue weighted by molar-refractivity contribution is 7.99. The van der Waals surface area contributed by atoms with Crippen molar-refractivity contribution in [3.8, 4) is 0 Å². The molecule has 9 nitrogen and oxygen atoms in total. The molecule has 3 aromatic rings. The molecular formula is C26H29N5O4S. The lowest BCUT2D eigenvalue weighted by Gasteiger charge is -2.15. The fraction of sp³-hybridized carbons (Fsp3) is 0.269. The molecule has 10 heteroatoms. The van der Waals surface area contributed by atoms with Crippen LogP contribution in [-0.2, 0) is 16.1 Å². The number of hydrogen-bond acceptors (Lipinski definition) is 7. The van der Waals surface area contributed by atoms with Gasteiger partial charge in [0.15, 0.2) is 11.0 Å². The minimum Gasteiger partial charge on any atom is -0.462 e. The first-order valence-electron chi connectivity index (χ1n) is 11.4. The number of carbonyl (C=O) groups is 3. The maximum atomic E-state index is 12.7. The molecule has 3 rings (SSSR count). The lowest BCUT2D eigenvalue weighted by atomic mass is 10.1. The van der Waals surface area contributed by atoms with Crippen LogP contribution in [0.25, 0.3) is 0 Å². The van der Waals surface area contributed by atoms with Crippen molar-refractivity contribution in [3.05, 3.63) is 83.7 Å². The highest BCUT2D eigenvalue weighted by atomic mass is 32.2. The van der Waals surface area contributed by atoms with Crippen LogP contribution in [0, 0.1) is 6.92 Å². The van der Waals surface area contributed by atoms with E-state index in [1.165, 1.54) is 11.8 Å². The first-order valence-corrected chi connectivity index (χ1v) is 12.4. The van der Waals surface area contributed by atoms with Gasteiger partial charge in [0.1, 0.15) is 0 Å². The van der Waals surface area contributed by atoms with Gasteiger partial charge in [-0.2, -0.15) is 0 Å². The zero-order valence-corrected chi connectivity index (χ0v) is 21.3. The van der Waals surface area contributed by atoms with E-state index >= 15 is 0 Å². The van der Waals surface area contributed by atoms with Gasteiger partial charge in [0, 0.05) is 17.8 Å². The number of allylic oxidation sites excluding steroid dienone is 1. The number of nitrogens with one attached hydrogen (secondary N) is 2. The molecule has 0 fully saturated rings. The molecule has 2 amide bonds. The molecule has 0 unspecified atom stereocenters. The minimum atomic E-state index is -0.411. The number of benzene rings is 2. The smallest absolute Gasteiger partial charge is 0.338 e. The van der Waals surface area contributed by atoms with E-state index in [1.807, 2.05) is 36.6 Å². The van der Waals surface area contributed by atoms with Crippen molar-refractivity contribution >= 4 is 35.2 Å². The van der Waals surface area contributed by atoms with Crippen LogP contribution < -0.4 is 10.6 Å². The summed E-state index contributed by atoms with van der Waals surface area (Å²) < 4.78 is 6.78. The third-order valence-corrected chi connectivity index (χ3v) is 6.05. The summed E-state index contributed by atoms with van der Waals surface area (Å²) in [4.78, 5) is 36.9. The van der Waals surface area contributed by atoms with Crippen molar-refractivity contribution in [2.75, 3.05) is 17.7 Å². The third-order valence-electron chi connectivity index (χ3n) is 5.08. The molecule has 0 bridgehead atoms. The zero-order valence-electron chi connectivity index (χ0n) is 20.5. The molecule has 2 N–H and O–H groups in total. The Labute approximate surface area is 214 Å². The maximum Gasteiger partial charge on any atom is 0.338 e. The van der Waals surface area contributed by atoms with Crippen molar-refractivity contribution < 1.29 is 19.1 Å². The summed E-state index contributed by atoms with van der Waals surface area (Å²) >= 11 is 1.23. The molecule has 0 aliphatic carbocycles. The Morgan fingerprint density at radius 2 is 1.89 bits per heavy atom. The lowest BCUT2D eigenvalue weighted by molar-refractivity contribution is -0.113. The number of esters is 1. The molecule has 0 saturated carbocycles. The van der Waals surface area contributed by atoms with Crippen LogP contribution in [0.2, 0.25) is 0 Å². The SMILES string of the molecule is C=CCn1c(SCC(=O)Nc2ccc(C(=O)OCC)cc2)nnc1[C@H](C)NC(=O)c1cccc(C)c1. The second-order valence-electron chi connectivity index (χ2n) is 7.94. The molecule has 1 aromatic heterocycles. The number of aromatic nitrogens is 3. The normalized spacial score (nSPS) is 11.4. The fourth-order valence-electron chi connectivity index (χ4n) is 3.39. The predicted molar refractivity (Wildman–Crippen MR) is 139 cm³/mol. The Morgan fingerprint density at radius 1 is 1.14 bits per heavy atom. The summed E-state index contributed by atoms with van der Waals surface area (Å²) in [5.74, 6) is -0.193. The monoisotopic (exact) mass is 507 g/mol. The van der Waals surface area contributed by atoms with Gasteiger partial charge in [0.05, 0.1) is 24.0 Å². The first kappa shape index (κ1) is 26.7. The molecule has 36 heavy (non-hydrogen) atoms. The van der Waals surface area contributed by atoms with E-state index in [-0.39, 0.29) is 17.6 Å². The van der Waals surface area contributed by atoms with Crippen molar-refractivity contribution in [3.63, 3.8) is 0 Å². The topological polar surface area (TPSA) is 115 Å². The number of nitrogens with zero attached hydrogens (tertiary/aromatic N) is 3. The molecule has 188 valence electrons. The predicted octanol–water partition coefficient (Wildman–Crippen LogP) is 4.17. The summed E-state index contributed by atoms with van der Waals surface area (Å²) in [5, 5.41) is 14.8. The van der Waals surface area contributed by atoms with Gasteiger partial charge >= 0.3 is 5.97 Å². The molecule has 0 spiro atoms. The average molecular weight is 508 g/mol. The Bertz CT molecular complexity index is 1240. The number of thioether (sulfide) groups is 1. The summed E-state index contributed by atoms with van der Waals surface area (Å²) in [6.45, 7) is 10.0. The summed E-state index contributed by atoms with van der Waals surface area (Å²) in [6.07, 6.45) is 1.71. The van der Waals surface area contributed by atoms with Crippen LogP contribution in [-0.4, -0.2) is 44.9 Å². The van der Waals surface area contributed by atoms with Crippen LogP contribution >= 0.6 is 11.8 Å². The van der Waals surface area contributed by atoms with Gasteiger partial charge in [-0.1, -0.05) is 35.5 Å². The molecule has 1 atom stereocenters. The van der Waals surface area contributed by atoms with Gasteiger partial charge in [-0.15, -0.1) is 16.8 Å². The number of amides is 2. The lowest BCUT2D eigenvalue weighted by Crippen LogP contribution is -2.29. The van der Waals surface area contributed by atoms with Crippen molar-refractivity contribution in [1.29, 1.82) is 0 Å². The first-order chi connectivity index (χ1) is 17.3. The van der Waals surface area contributed by atoms with E-state index in [4.69, 9.17) is 4.74 Å². The number of aryl methyl sites for hydroxylation is 1. The number of rotatable bonds is 11. The molecule has 0 radical (unpaired) electrons. The van der Waals surface area contributed by atoms with Gasteiger partial charge in [-0.25, -0.2) is 4.79 Å². The Morgan fingerprint density at radius 3 is 2.56 bits per heavy atom. The standard InChI is InChI=1S/C26H29N5O4S/c1-5-14-31-23(18(4)27-24(33)20-9-7-8-17(3)15-20)29-30-26(31)36-16-22(32)28-21-12-10-19(11-13-21)25(34)35-6-2/h5,7-13,15,18H,1,6,14,16H2,2-4H3,(H,27,33)(H,28,32)/t18-/m0/s1. The van der Waals surface area contributed by atoms with Crippen molar-refractivity contribution in [1.82, 2.24) is 20.1 Å². The molecule has 0 saturated heterocycles. The largest absolute Gasteiger partial charge is 0.462 e. The fourth-order valence-corrected chi connectivity index (χ4v) is 4.14. The summed E-state index contributed by atoms with van der Waals surface area (Å²) in [7, 11) is 0. The van der Waals surface area contributed by atoms with Crippen LogP contribution in [0.5, 0.6) is 0 Å². The summed E-state index contributed by atoms with van der Waals surface area (Å²) in [5.41, 5.74) is 2.54. The highest BCUT2D eigenvalue weighted by Crippen LogP contribution is 2.22. The van der Waals surface area contributed by atoms with Crippen LogP contribution in [0.1, 0.15) is 52.0 Å².